The Morgan fingerprint density at radius 3 is 2.16 bits per heavy atom. The molecule has 2 heteroatoms. The van der Waals surface area contributed by atoms with E-state index in [9.17, 15) is 5.11 Å². The van der Waals surface area contributed by atoms with Crippen LogP contribution in [0.25, 0.3) is 0 Å². The van der Waals surface area contributed by atoms with Gasteiger partial charge >= 0.3 is 0 Å². The second-order valence-corrected chi connectivity index (χ2v) is 5.12. The first-order chi connectivity index (χ1) is 8.99. The molecule has 2 aromatic rings. The Hall–Kier alpha value is -1.80. The second-order valence-electron chi connectivity index (χ2n) is 5.12. The summed E-state index contributed by atoms with van der Waals surface area (Å²) in [5.41, 5.74) is 5.81. The first-order valence-electron chi connectivity index (χ1n) is 6.58. The molecule has 0 aliphatic rings. The van der Waals surface area contributed by atoms with Crippen LogP contribution in [0.15, 0.2) is 42.5 Å². The largest absolute Gasteiger partial charge is 0.389 e. The molecule has 1 atom stereocenters. The highest BCUT2D eigenvalue weighted by Crippen LogP contribution is 2.28. The van der Waals surface area contributed by atoms with Crippen LogP contribution in [0.2, 0.25) is 0 Å². The molecule has 0 bridgehead atoms. The van der Waals surface area contributed by atoms with Gasteiger partial charge in [0, 0.05) is 18.4 Å². The summed E-state index contributed by atoms with van der Waals surface area (Å²) >= 11 is 0. The van der Waals surface area contributed by atoms with Crippen molar-refractivity contribution in [2.45, 2.75) is 26.9 Å². The summed E-state index contributed by atoms with van der Waals surface area (Å²) in [6.45, 7) is 6.01. The first kappa shape index (κ1) is 13.6. The minimum absolute atomic E-state index is 0.416. The lowest BCUT2D eigenvalue weighted by Gasteiger charge is -2.22. The number of rotatable bonds is 3. The number of nitrogens with zero attached hydrogens (tertiary/aromatic N) is 1. The molecule has 0 heterocycles. The Bertz CT molecular complexity index is 558. The topological polar surface area (TPSA) is 23.5 Å². The lowest BCUT2D eigenvalue weighted by molar-refractivity contribution is 0.199. The van der Waals surface area contributed by atoms with Crippen molar-refractivity contribution in [3.05, 3.63) is 59.2 Å². The van der Waals surface area contributed by atoms with Crippen molar-refractivity contribution < 1.29 is 5.11 Å². The van der Waals surface area contributed by atoms with Crippen molar-refractivity contribution in [1.29, 1.82) is 0 Å². The minimum Gasteiger partial charge on any atom is -0.389 e. The van der Waals surface area contributed by atoms with Gasteiger partial charge in [0.15, 0.2) is 0 Å². The lowest BCUT2D eigenvalue weighted by Crippen LogP contribution is -2.11. The van der Waals surface area contributed by atoms with E-state index in [-0.39, 0.29) is 0 Å². The smallest absolute Gasteiger partial charge is 0.0761 e. The van der Waals surface area contributed by atoms with Gasteiger partial charge in [-0.05, 0) is 50.1 Å². The van der Waals surface area contributed by atoms with Crippen molar-refractivity contribution in [1.82, 2.24) is 0 Å². The summed E-state index contributed by atoms with van der Waals surface area (Å²) in [6, 6.07) is 14.5. The van der Waals surface area contributed by atoms with E-state index in [1.807, 2.05) is 24.3 Å². The molecule has 2 aromatic carbocycles. The molecule has 0 saturated heterocycles. The van der Waals surface area contributed by atoms with Crippen LogP contribution in [0.3, 0.4) is 0 Å². The van der Waals surface area contributed by atoms with E-state index in [0.29, 0.717) is 0 Å². The maximum atomic E-state index is 9.53. The molecule has 0 spiro atoms. The molecule has 0 aromatic heterocycles. The van der Waals surface area contributed by atoms with Gasteiger partial charge in [-0.15, -0.1) is 0 Å². The van der Waals surface area contributed by atoms with Gasteiger partial charge in [0.05, 0.1) is 6.10 Å². The molecule has 0 amide bonds. The van der Waals surface area contributed by atoms with Gasteiger partial charge in [-0.25, -0.2) is 0 Å². The Morgan fingerprint density at radius 1 is 1.00 bits per heavy atom. The van der Waals surface area contributed by atoms with Gasteiger partial charge in [-0.1, -0.05) is 29.8 Å². The monoisotopic (exact) mass is 255 g/mol. The molecule has 0 unspecified atom stereocenters. The zero-order chi connectivity index (χ0) is 14.0. The molecule has 0 saturated carbocycles. The molecule has 2 nitrogen and oxygen atoms in total. The Labute approximate surface area is 115 Å². The number of aliphatic hydroxyl groups is 1. The van der Waals surface area contributed by atoms with Crippen LogP contribution in [-0.2, 0) is 0 Å². The molecule has 0 radical (unpaired) electrons. The third kappa shape index (κ3) is 2.96. The molecule has 0 fully saturated rings. The van der Waals surface area contributed by atoms with Gasteiger partial charge in [0.1, 0.15) is 0 Å². The minimum atomic E-state index is -0.416. The number of benzene rings is 2. The fourth-order valence-corrected chi connectivity index (χ4v) is 2.30. The Morgan fingerprint density at radius 2 is 1.63 bits per heavy atom. The fraction of sp³-hybridized carbons (Fsp3) is 0.294. The first-order valence-corrected chi connectivity index (χ1v) is 6.58. The fourth-order valence-electron chi connectivity index (χ4n) is 2.30. The molecular weight excluding hydrogens is 234 g/mol. The molecule has 0 aliphatic carbocycles. The summed E-state index contributed by atoms with van der Waals surface area (Å²) in [5.74, 6) is 0. The van der Waals surface area contributed by atoms with E-state index in [2.05, 4.69) is 44.0 Å². The maximum absolute atomic E-state index is 9.53. The van der Waals surface area contributed by atoms with Crippen molar-refractivity contribution in [3.63, 3.8) is 0 Å². The van der Waals surface area contributed by atoms with Crippen LogP contribution in [0.4, 0.5) is 11.4 Å². The number of aryl methyl sites for hydroxylation is 2. The maximum Gasteiger partial charge on any atom is 0.0761 e. The van der Waals surface area contributed by atoms with Gasteiger partial charge in [0.25, 0.3) is 0 Å². The standard InChI is InChI=1S/C17H21NO/c1-12-5-10-17(13(2)11-12)18(4)16-8-6-15(7-9-16)14(3)19/h5-11,14,19H,1-4H3/t14-/m1/s1. The van der Waals surface area contributed by atoms with Crippen molar-refractivity contribution in [2.75, 3.05) is 11.9 Å². The summed E-state index contributed by atoms with van der Waals surface area (Å²) < 4.78 is 0. The number of anilines is 2. The Balaban J connectivity index is 2.30. The molecule has 2 rings (SSSR count). The quantitative estimate of drug-likeness (QED) is 0.891. The molecule has 19 heavy (non-hydrogen) atoms. The van der Waals surface area contributed by atoms with E-state index in [0.717, 1.165) is 11.3 Å². The predicted molar refractivity (Wildman–Crippen MR) is 81.1 cm³/mol. The zero-order valence-corrected chi connectivity index (χ0v) is 12.0. The van der Waals surface area contributed by atoms with Crippen molar-refractivity contribution in [3.8, 4) is 0 Å². The second kappa shape index (κ2) is 5.45. The summed E-state index contributed by atoms with van der Waals surface area (Å²) in [4.78, 5) is 2.17. The van der Waals surface area contributed by atoms with Gasteiger partial charge in [0.2, 0.25) is 0 Å². The molecular formula is C17H21NO. The van der Waals surface area contributed by atoms with Crippen LogP contribution >= 0.6 is 0 Å². The average Bonchev–Trinajstić information content (AvgIpc) is 2.38. The van der Waals surface area contributed by atoms with Crippen LogP contribution in [-0.4, -0.2) is 12.2 Å². The predicted octanol–water partition coefficient (Wildman–Crippen LogP) is 4.12. The molecule has 100 valence electrons. The summed E-state index contributed by atoms with van der Waals surface area (Å²) in [6.07, 6.45) is -0.416. The third-order valence-electron chi connectivity index (χ3n) is 3.48. The summed E-state index contributed by atoms with van der Waals surface area (Å²) in [7, 11) is 2.06. The molecule has 1 N–H and O–H groups in total. The van der Waals surface area contributed by atoms with Crippen LogP contribution in [0.5, 0.6) is 0 Å². The van der Waals surface area contributed by atoms with Gasteiger partial charge in [-0.2, -0.15) is 0 Å². The number of hydrogen-bond acceptors (Lipinski definition) is 2. The number of aliphatic hydroxyl groups excluding tert-OH is 1. The van der Waals surface area contributed by atoms with Crippen LogP contribution in [0, 0.1) is 13.8 Å². The van der Waals surface area contributed by atoms with Crippen molar-refractivity contribution >= 4 is 11.4 Å². The van der Waals surface area contributed by atoms with E-state index in [1.54, 1.807) is 6.92 Å². The third-order valence-corrected chi connectivity index (χ3v) is 3.48. The molecule has 0 aliphatic heterocycles. The number of hydrogen-bond donors (Lipinski definition) is 1. The SMILES string of the molecule is Cc1ccc(N(C)c2ccc([C@@H](C)O)cc2)c(C)c1. The zero-order valence-electron chi connectivity index (χ0n) is 12.0. The highest BCUT2D eigenvalue weighted by atomic mass is 16.3. The van der Waals surface area contributed by atoms with E-state index >= 15 is 0 Å². The lowest BCUT2D eigenvalue weighted by atomic mass is 10.1. The van der Waals surface area contributed by atoms with Crippen molar-refractivity contribution in [2.24, 2.45) is 0 Å². The van der Waals surface area contributed by atoms with Gasteiger partial charge in [-0.3, -0.25) is 0 Å². The van der Waals surface area contributed by atoms with E-state index < -0.39 is 6.10 Å². The normalized spacial score (nSPS) is 12.3. The average molecular weight is 255 g/mol. The highest BCUT2D eigenvalue weighted by Gasteiger charge is 2.08. The van der Waals surface area contributed by atoms with Crippen LogP contribution in [0.1, 0.15) is 29.7 Å². The van der Waals surface area contributed by atoms with Crippen LogP contribution < -0.4 is 4.90 Å². The van der Waals surface area contributed by atoms with E-state index in [4.69, 9.17) is 0 Å². The summed E-state index contributed by atoms with van der Waals surface area (Å²) in [5, 5.41) is 9.53. The Kier molecular flexibility index (Phi) is 3.91. The highest BCUT2D eigenvalue weighted by molar-refractivity contribution is 5.66. The van der Waals surface area contributed by atoms with Gasteiger partial charge < -0.3 is 10.0 Å². The van der Waals surface area contributed by atoms with E-state index in [1.165, 1.54) is 16.8 Å².